The van der Waals surface area contributed by atoms with Gasteiger partial charge >= 0.3 is 5.97 Å². The van der Waals surface area contributed by atoms with Gasteiger partial charge in [-0.1, -0.05) is 54.1 Å². The van der Waals surface area contributed by atoms with E-state index in [4.69, 9.17) is 4.98 Å². The van der Waals surface area contributed by atoms with E-state index < -0.39 is 5.97 Å². The quantitative estimate of drug-likeness (QED) is 0.0937. The van der Waals surface area contributed by atoms with E-state index in [1.54, 1.807) is 48.8 Å². The minimum atomic E-state index is -0.989. The highest BCUT2D eigenvalue weighted by Gasteiger charge is 2.29. The van der Waals surface area contributed by atoms with Crippen LogP contribution in [0.2, 0.25) is 0 Å². The molecule has 15 heteroatoms. The third-order valence-corrected chi connectivity index (χ3v) is 13.4. The number of amides is 3. The van der Waals surface area contributed by atoms with Crippen molar-refractivity contribution in [3.05, 3.63) is 162 Å². The van der Waals surface area contributed by atoms with Gasteiger partial charge in [0.15, 0.2) is 0 Å². The minimum Gasteiger partial charge on any atom is -0.478 e. The number of aryl methyl sites for hydroxylation is 3. The molecule has 6 aromatic rings. The number of aromatic carboxylic acids is 1. The Bertz CT molecular complexity index is 3040. The zero-order valence-corrected chi connectivity index (χ0v) is 41.4. The summed E-state index contributed by atoms with van der Waals surface area (Å²) in [6, 6.07) is 15.8. The zero-order chi connectivity index (χ0) is 48.8. The molecule has 2 aromatic carbocycles. The molecule has 0 spiro atoms. The second kappa shape index (κ2) is 21.2. The van der Waals surface area contributed by atoms with Gasteiger partial charge in [0.05, 0.1) is 33.0 Å². The molecular weight excluding hydrogens is 893 g/mol. The number of allylic oxidation sites excluding steroid dienone is 4. The van der Waals surface area contributed by atoms with Crippen LogP contribution in [0.1, 0.15) is 86.0 Å². The third kappa shape index (κ3) is 10.8. The smallest absolute Gasteiger partial charge is 0.337 e. The van der Waals surface area contributed by atoms with Crippen molar-refractivity contribution in [1.29, 1.82) is 0 Å². The second-order valence-electron chi connectivity index (χ2n) is 17.0. The van der Waals surface area contributed by atoms with Gasteiger partial charge in [-0.15, -0.1) is 22.7 Å². The van der Waals surface area contributed by atoms with Crippen LogP contribution < -0.4 is 10.6 Å². The Morgan fingerprint density at radius 1 is 0.794 bits per heavy atom. The highest BCUT2D eigenvalue weighted by Crippen LogP contribution is 2.38. The number of fused-ring (bicyclic) bond motifs is 1. The van der Waals surface area contributed by atoms with Gasteiger partial charge < -0.3 is 35.5 Å². The molecule has 0 unspecified atom stereocenters. The molecule has 13 nitrogen and oxygen atoms in total. The number of carboxylic acids is 1. The number of carboxylic acid groups (broad SMARTS) is 1. The van der Waals surface area contributed by atoms with Gasteiger partial charge in [-0.3, -0.25) is 19.4 Å². The molecular formula is C53H56N8O5S2. The van der Waals surface area contributed by atoms with E-state index >= 15 is 0 Å². The van der Waals surface area contributed by atoms with Gasteiger partial charge in [-0.2, -0.15) is 0 Å². The van der Waals surface area contributed by atoms with Gasteiger partial charge in [0.25, 0.3) is 17.7 Å². The van der Waals surface area contributed by atoms with Crippen LogP contribution in [0.4, 0.5) is 5.69 Å². The summed E-state index contributed by atoms with van der Waals surface area (Å²) in [6.07, 6.45) is 11.2. The number of nitrogens with zero attached hydrogens (tertiary/aromatic N) is 4. The molecule has 5 N–H and O–H groups in total. The summed E-state index contributed by atoms with van der Waals surface area (Å²) in [5, 5.41) is 21.3. The molecule has 350 valence electrons. The number of likely N-dealkylation sites (N-methyl/N-ethyl adjacent to an activating group) is 1. The first-order chi connectivity index (χ1) is 32.5. The normalized spacial score (nSPS) is 15.8. The molecule has 3 amide bonds. The lowest BCUT2D eigenvalue weighted by Gasteiger charge is -2.32. The fourth-order valence-electron chi connectivity index (χ4n) is 8.25. The predicted octanol–water partition coefficient (Wildman–Crippen LogP) is 10.4. The number of H-pyrrole nitrogens is 2. The van der Waals surface area contributed by atoms with Crippen molar-refractivity contribution in [1.82, 2.24) is 35.1 Å². The molecule has 0 saturated carbocycles. The molecule has 4 aromatic heterocycles. The number of carbonyl (C=O) groups excluding carboxylic acids is 3. The van der Waals surface area contributed by atoms with Crippen LogP contribution in [0.15, 0.2) is 106 Å². The largest absolute Gasteiger partial charge is 0.478 e. The third-order valence-electron chi connectivity index (χ3n) is 11.8. The van der Waals surface area contributed by atoms with Crippen molar-refractivity contribution in [3.63, 3.8) is 0 Å². The molecule has 0 atom stereocenters. The highest BCUT2D eigenvalue weighted by atomic mass is 32.1. The van der Waals surface area contributed by atoms with Crippen LogP contribution in [-0.4, -0.2) is 91.8 Å². The number of thiazole rings is 2. The standard InChI is InChI=1S/C25H19N3O3S.C24H32N4O2.C4H5NS/c1-13-20(26-14(2)22(13)25(30)31)11-18-17-10-16(8-9-19(17)27-23(18)29)21-12-32-24(28-21)15-6-4-3-5-7-15;1-7-8-20-18(13-15(2)3)19(23(29)26-20)14-21-16(4)22(17(5)25-21)24(30)28-11-9-27(6)10-12-28;1-4-5-2-3-6-4/h3-12,26H,1-2H3,(H,27,29)(H,30,31);7-8,13-14,25H,9-12H2,1-6H3,(H,26,29);2-3H,1H3/b18-11-;8-7-,19-14-;. The fourth-order valence-corrected chi connectivity index (χ4v) is 9.53. The van der Waals surface area contributed by atoms with Crippen molar-refractivity contribution in [2.24, 2.45) is 0 Å². The SMILES string of the molecule is C/C=C\C1=C(C=C(C)C)C(=C/c2[nH]c(C)c(C(=O)N3CCN(C)CC3)c2C)/C(=O)N1.Cc1[nH]c(/C=C2\C(=O)Nc3ccc(-c4csc(-c5ccccc5)n4)cc32)c(C)c1C(=O)O.Cc1nccs1. The topological polar surface area (TPSA) is 176 Å². The minimum absolute atomic E-state index is 0.0598. The summed E-state index contributed by atoms with van der Waals surface area (Å²) < 4.78 is 0. The number of benzene rings is 2. The lowest BCUT2D eigenvalue weighted by atomic mass is 10.0. The molecule has 3 aliphatic heterocycles. The predicted molar refractivity (Wildman–Crippen MR) is 275 cm³/mol. The van der Waals surface area contributed by atoms with Gasteiger partial charge in [-0.25, -0.2) is 9.78 Å². The molecule has 0 radical (unpaired) electrons. The van der Waals surface area contributed by atoms with Gasteiger partial charge in [0, 0.05) is 99.6 Å². The van der Waals surface area contributed by atoms with Crippen LogP contribution in [0.3, 0.4) is 0 Å². The van der Waals surface area contributed by atoms with Gasteiger partial charge in [-0.05, 0) is 104 Å². The van der Waals surface area contributed by atoms with Crippen LogP contribution in [0.5, 0.6) is 0 Å². The molecule has 9 rings (SSSR count). The van der Waals surface area contributed by atoms with E-state index in [1.165, 1.54) is 0 Å². The van der Waals surface area contributed by atoms with Crippen molar-refractivity contribution < 1.29 is 24.3 Å². The van der Waals surface area contributed by atoms with Crippen molar-refractivity contribution >= 4 is 69.8 Å². The summed E-state index contributed by atoms with van der Waals surface area (Å²) in [5.74, 6) is -1.28. The van der Waals surface area contributed by atoms with Crippen molar-refractivity contribution in [2.45, 2.75) is 55.4 Å². The number of aromatic nitrogens is 4. The Morgan fingerprint density at radius 3 is 2.03 bits per heavy atom. The number of rotatable bonds is 8. The van der Waals surface area contributed by atoms with E-state index in [0.717, 1.165) is 98.1 Å². The van der Waals surface area contributed by atoms with E-state index in [-0.39, 0.29) is 23.3 Å². The summed E-state index contributed by atoms with van der Waals surface area (Å²) in [5.41, 5.74) is 13.4. The molecule has 1 saturated heterocycles. The second-order valence-corrected chi connectivity index (χ2v) is 19.0. The van der Waals surface area contributed by atoms with E-state index in [0.29, 0.717) is 33.7 Å². The van der Waals surface area contributed by atoms with Crippen molar-refractivity contribution in [3.8, 4) is 21.8 Å². The monoisotopic (exact) mass is 948 g/mol. The fraction of sp³-hybridized carbons (Fsp3) is 0.245. The first kappa shape index (κ1) is 48.7. The summed E-state index contributed by atoms with van der Waals surface area (Å²) in [7, 11) is 2.07. The zero-order valence-electron chi connectivity index (χ0n) is 39.8. The molecule has 68 heavy (non-hydrogen) atoms. The van der Waals surface area contributed by atoms with E-state index in [2.05, 4.69) is 37.5 Å². The average molecular weight is 949 g/mol. The first-order valence-electron chi connectivity index (χ1n) is 22.2. The van der Waals surface area contributed by atoms with Crippen LogP contribution in [0, 0.1) is 34.6 Å². The maximum atomic E-state index is 13.2. The highest BCUT2D eigenvalue weighted by molar-refractivity contribution is 7.13. The van der Waals surface area contributed by atoms with Crippen LogP contribution >= 0.6 is 22.7 Å². The number of piperazine rings is 1. The van der Waals surface area contributed by atoms with E-state index in [9.17, 15) is 24.3 Å². The molecule has 7 heterocycles. The summed E-state index contributed by atoms with van der Waals surface area (Å²) in [6.45, 7) is 18.5. The molecule has 3 aliphatic rings. The van der Waals surface area contributed by atoms with Gasteiger partial charge in [0.1, 0.15) is 5.01 Å². The number of hydrogen-bond donors (Lipinski definition) is 5. The Balaban J connectivity index is 0.000000179. The Kier molecular flexibility index (Phi) is 15.2. The molecule has 0 aliphatic carbocycles. The van der Waals surface area contributed by atoms with E-state index in [1.807, 2.05) is 130 Å². The maximum absolute atomic E-state index is 13.2. The number of aromatic amines is 2. The van der Waals surface area contributed by atoms with Crippen molar-refractivity contribution in [2.75, 3.05) is 38.5 Å². The van der Waals surface area contributed by atoms with Crippen LogP contribution in [0.25, 0.3) is 39.6 Å². The Labute approximate surface area is 404 Å². The number of nitrogens with one attached hydrogen (secondary N) is 4. The first-order valence-corrected chi connectivity index (χ1v) is 24.0. The lowest BCUT2D eigenvalue weighted by Crippen LogP contribution is -2.47. The lowest BCUT2D eigenvalue weighted by molar-refractivity contribution is -0.116. The molecule has 0 bridgehead atoms. The average Bonchev–Trinajstić information content (AvgIpc) is 4.17. The van der Waals surface area contributed by atoms with Crippen LogP contribution in [-0.2, 0) is 9.59 Å². The maximum Gasteiger partial charge on any atom is 0.337 e. The number of anilines is 1. The number of hydrogen-bond acceptors (Lipinski definition) is 9. The molecule has 1 fully saturated rings. The Hall–Kier alpha value is -7.20. The van der Waals surface area contributed by atoms with Gasteiger partial charge in [0.2, 0.25) is 0 Å². The Morgan fingerprint density at radius 2 is 1.44 bits per heavy atom. The summed E-state index contributed by atoms with van der Waals surface area (Å²) >= 11 is 3.24. The summed E-state index contributed by atoms with van der Waals surface area (Å²) in [4.78, 5) is 69.4. The number of carbonyl (C=O) groups is 4.